The zero-order valence-electron chi connectivity index (χ0n) is 19.9. The SMILES string of the molecule is Cc1ccc(OCC(=O)N2CCN(c3nnc(C4CCCCC4)s3)CC2)c(C(C)(C)C)c1. The van der Waals surface area contributed by atoms with Gasteiger partial charge in [-0.1, -0.05) is 69.1 Å². The first-order valence-electron chi connectivity index (χ1n) is 11.9. The van der Waals surface area contributed by atoms with Crippen LogP contribution in [0.15, 0.2) is 18.2 Å². The Balaban J connectivity index is 1.29. The quantitative estimate of drug-likeness (QED) is 0.639. The summed E-state index contributed by atoms with van der Waals surface area (Å²) in [5, 5.41) is 11.2. The van der Waals surface area contributed by atoms with Crippen LogP contribution >= 0.6 is 11.3 Å². The van der Waals surface area contributed by atoms with Crippen molar-refractivity contribution in [2.45, 2.75) is 71.1 Å². The van der Waals surface area contributed by atoms with E-state index in [0.29, 0.717) is 19.0 Å². The standard InChI is InChI=1S/C25H36N4O2S/c1-18-10-11-21(20(16-18)25(2,3)4)31-17-22(30)28-12-14-29(15-13-28)24-27-26-23(32-24)19-8-6-5-7-9-19/h10-11,16,19H,5-9,12-15,17H2,1-4H3. The summed E-state index contributed by atoms with van der Waals surface area (Å²) in [5.74, 6) is 1.44. The molecule has 174 valence electrons. The van der Waals surface area contributed by atoms with E-state index in [1.165, 1.54) is 42.7 Å². The number of amides is 1. The molecule has 2 aromatic rings. The van der Waals surface area contributed by atoms with Crippen LogP contribution in [0.2, 0.25) is 0 Å². The van der Waals surface area contributed by atoms with Crippen molar-refractivity contribution in [3.63, 3.8) is 0 Å². The van der Waals surface area contributed by atoms with Gasteiger partial charge in [0.25, 0.3) is 5.91 Å². The molecule has 0 atom stereocenters. The molecule has 0 N–H and O–H groups in total. The van der Waals surface area contributed by atoms with Crippen LogP contribution in [0.5, 0.6) is 5.75 Å². The number of benzene rings is 1. The summed E-state index contributed by atoms with van der Waals surface area (Å²) in [6.07, 6.45) is 6.46. The summed E-state index contributed by atoms with van der Waals surface area (Å²) in [5.41, 5.74) is 2.31. The van der Waals surface area contributed by atoms with Gasteiger partial charge in [-0.2, -0.15) is 0 Å². The molecule has 0 radical (unpaired) electrons. The summed E-state index contributed by atoms with van der Waals surface area (Å²) in [6.45, 7) is 11.7. The van der Waals surface area contributed by atoms with Gasteiger partial charge in [0.1, 0.15) is 10.8 Å². The smallest absolute Gasteiger partial charge is 0.260 e. The van der Waals surface area contributed by atoms with Gasteiger partial charge in [-0.05, 0) is 36.8 Å². The third-order valence-electron chi connectivity index (χ3n) is 6.58. The molecular weight excluding hydrogens is 420 g/mol. The van der Waals surface area contributed by atoms with Crippen LogP contribution < -0.4 is 9.64 Å². The van der Waals surface area contributed by atoms with Crippen molar-refractivity contribution in [3.8, 4) is 5.75 Å². The molecule has 2 fully saturated rings. The molecule has 1 aliphatic heterocycles. The van der Waals surface area contributed by atoms with Crippen LogP contribution in [-0.2, 0) is 10.2 Å². The molecule has 0 spiro atoms. The van der Waals surface area contributed by atoms with Crippen molar-refractivity contribution in [2.75, 3.05) is 37.7 Å². The number of carbonyl (C=O) groups excluding carboxylic acids is 1. The Morgan fingerprint density at radius 2 is 1.81 bits per heavy atom. The lowest BCUT2D eigenvalue weighted by atomic mass is 9.85. The second kappa shape index (κ2) is 9.77. The Hall–Kier alpha value is -2.15. The molecular formula is C25H36N4O2S. The number of aryl methyl sites for hydroxylation is 1. The van der Waals surface area contributed by atoms with E-state index in [1.54, 1.807) is 11.3 Å². The van der Waals surface area contributed by atoms with E-state index in [4.69, 9.17) is 4.74 Å². The maximum absolute atomic E-state index is 12.8. The van der Waals surface area contributed by atoms with Crippen molar-refractivity contribution in [3.05, 3.63) is 34.3 Å². The molecule has 2 aliphatic rings. The molecule has 6 nitrogen and oxygen atoms in total. The highest BCUT2D eigenvalue weighted by Gasteiger charge is 2.26. The Morgan fingerprint density at radius 3 is 2.50 bits per heavy atom. The van der Waals surface area contributed by atoms with Crippen molar-refractivity contribution < 1.29 is 9.53 Å². The largest absolute Gasteiger partial charge is 0.483 e. The van der Waals surface area contributed by atoms with Gasteiger partial charge in [0.2, 0.25) is 5.13 Å². The zero-order valence-corrected chi connectivity index (χ0v) is 20.7. The molecule has 7 heteroatoms. The minimum absolute atomic E-state index is 0.0335. The minimum Gasteiger partial charge on any atom is -0.483 e. The first kappa shape index (κ1) is 23.0. The number of rotatable bonds is 5. The van der Waals surface area contributed by atoms with E-state index in [-0.39, 0.29) is 17.9 Å². The van der Waals surface area contributed by atoms with Crippen LogP contribution in [-0.4, -0.2) is 53.8 Å². The fourth-order valence-electron chi connectivity index (χ4n) is 4.60. The Morgan fingerprint density at radius 1 is 1.09 bits per heavy atom. The van der Waals surface area contributed by atoms with Gasteiger partial charge in [-0.15, -0.1) is 10.2 Å². The number of hydrogen-bond acceptors (Lipinski definition) is 6. The van der Waals surface area contributed by atoms with Crippen LogP contribution in [0.1, 0.15) is 74.9 Å². The Labute approximate surface area is 196 Å². The lowest BCUT2D eigenvalue weighted by Gasteiger charge is -2.34. The number of ether oxygens (including phenoxy) is 1. The van der Waals surface area contributed by atoms with E-state index in [0.717, 1.165) is 29.5 Å². The summed E-state index contributed by atoms with van der Waals surface area (Å²) in [7, 11) is 0. The van der Waals surface area contributed by atoms with Crippen molar-refractivity contribution in [2.24, 2.45) is 0 Å². The van der Waals surface area contributed by atoms with Gasteiger partial charge in [-0.3, -0.25) is 4.79 Å². The lowest BCUT2D eigenvalue weighted by Crippen LogP contribution is -2.50. The predicted molar refractivity (Wildman–Crippen MR) is 130 cm³/mol. The fourth-order valence-corrected chi connectivity index (χ4v) is 5.67. The summed E-state index contributed by atoms with van der Waals surface area (Å²) < 4.78 is 5.99. The summed E-state index contributed by atoms with van der Waals surface area (Å²) in [6, 6.07) is 6.18. The highest BCUT2D eigenvalue weighted by atomic mass is 32.1. The maximum Gasteiger partial charge on any atom is 0.260 e. The van der Waals surface area contributed by atoms with Gasteiger partial charge < -0.3 is 14.5 Å². The molecule has 32 heavy (non-hydrogen) atoms. The summed E-state index contributed by atoms with van der Waals surface area (Å²) in [4.78, 5) is 17.0. The number of carbonyl (C=O) groups is 1. The Bertz CT molecular complexity index is 922. The highest BCUT2D eigenvalue weighted by Crippen LogP contribution is 2.36. The normalized spacial score (nSPS) is 18.1. The molecule has 1 aromatic heterocycles. The second-order valence-electron chi connectivity index (χ2n) is 10.2. The topological polar surface area (TPSA) is 58.6 Å². The molecule has 1 saturated carbocycles. The van der Waals surface area contributed by atoms with Crippen LogP contribution in [0.25, 0.3) is 0 Å². The van der Waals surface area contributed by atoms with Crippen LogP contribution in [0, 0.1) is 6.92 Å². The average Bonchev–Trinajstić information content (AvgIpc) is 3.28. The number of nitrogens with zero attached hydrogens (tertiary/aromatic N) is 4. The van der Waals surface area contributed by atoms with Gasteiger partial charge in [-0.25, -0.2) is 0 Å². The van der Waals surface area contributed by atoms with E-state index in [9.17, 15) is 4.79 Å². The number of piperazine rings is 1. The van der Waals surface area contributed by atoms with E-state index in [1.807, 2.05) is 17.0 Å². The molecule has 0 unspecified atom stereocenters. The van der Waals surface area contributed by atoms with Gasteiger partial charge >= 0.3 is 0 Å². The predicted octanol–water partition coefficient (Wildman–Crippen LogP) is 4.92. The number of anilines is 1. The van der Waals surface area contributed by atoms with Gasteiger partial charge in [0.15, 0.2) is 6.61 Å². The monoisotopic (exact) mass is 456 g/mol. The van der Waals surface area contributed by atoms with Crippen LogP contribution in [0.3, 0.4) is 0 Å². The molecule has 0 bridgehead atoms. The molecule has 2 heterocycles. The number of hydrogen-bond donors (Lipinski definition) is 0. The van der Waals surface area contributed by atoms with Gasteiger partial charge in [0, 0.05) is 32.1 Å². The van der Waals surface area contributed by atoms with E-state index >= 15 is 0 Å². The first-order chi connectivity index (χ1) is 15.3. The maximum atomic E-state index is 12.8. The van der Waals surface area contributed by atoms with Gasteiger partial charge in [0.05, 0.1) is 0 Å². The minimum atomic E-state index is -0.0335. The zero-order chi connectivity index (χ0) is 22.7. The van der Waals surface area contributed by atoms with E-state index in [2.05, 4.69) is 48.9 Å². The van der Waals surface area contributed by atoms with Crippen molar-refractivity contribution in [1.82, 2.24) is 15.1 Å². The molecule has 4 rings (SSSR count). The molecule has 1 saturated heterocycles. The second-order valence-corrected chi connectivity index (χ2v) is 11.2. The molecule has 1 aromatic carbocycles. The first-order valence-corrected chi connectivity index (χ1v) is 12.7. The summed E-state index contributed by atoms with van der Waals surface area (Å²) >= 11 is 1.74. The Kier molecular flexibility index (Phi) is 7.03. The molecule has 1 aliphatic carbocycles. The third kappa shape index (κ3) is 5.42. The van der Waals surface area contributed by atoms with Crippen LogP contribution in [0.4, 0.5) is 5.13 Å². The van der Waals surface area contributed by atoms with Crippen molar-refractivity contribution in [1.29, 1.82) is 0 Å². The molecule has 1 amide bonds. The third-order valence-corrected chi connectivity index (χ3v) is 7.73. The number of aromatic nitrogens is 2. The lowest BCUT2D eigenvalue weighted by molar-refractivity contribution is -0.133. The van der Waals surface area contributed by atoms with E-state index < -0.39 is 0 Å². The fraction of sp³-hybridized carbons (Fsp3) is 0.640. The highest BCUT2D eigenvalue weighted by molar-refractivity contribution is 7.15. The average molecular weight is 457 g/mol. The van der Waals surface area contributed by atoms with Crippen molar-refractivity contribution >= 4 is 22.4 Å².